The van der Waals surface area contributed by atoms with E-state index < -0.39 is 16.3 Å². The Hall–Kier alpha value is -3.09. The first-order chi connectivity index (χ1) is 20.5. The molecule has 2 heterocycles. The fourth-order valence-corrected chi connectivity index (χ4v) is 7.90. The van der Waals surface area contributed by atoms with Crippen LogP contribution >= 0.6 is 23.1 Å². The lowest BCUT2D eigenvalue weighted by molar-refractivity contribution is -0.245. The Kier molecular flexibility index (Phi) is 9.01. The summed E-state index contributed by atoms with van der Waals surface area (Å²) in [7, 11) is -3.60. The third kappa shape index (κ3) is 6.92. The van der Waals surface area contributed by atoms with Gasteiger partial charge >= 0.3 is 0 Å². The molecule has 1 aliphatic rings. The number of para-hydroxylation sites is 1. The Balaban J connectivity index is 1.16. The first kappa shape index (κ1) is 29.0. The molecule has 0 amide bonds. The number of aliphatic hydroxyl groups is 1. The molecule has 0 aliphatic carbocycles. The first-order valence-electron chi connectivity index (χ1n) is 13.6. The van der Waals surface area contributed by atoms with Crippen LogP contribution in [-0.2, 0) is 32.6 Å². The van der Waals surface area contributed by atoms with Crippen molar-refractivity contribution in [2.75, 3.05) is 5.75 Å². The van der Waals surface area contributed by atoms with E-state index in [0.29, 0.717) is 6.42 Å². The Bertz CT molecular complexity index is 1690. The number of thiazole rings is 1. The summed E-state index contributed by atoms with van der Waals surface area (Å²) in [4.78, 5) is 4.99. The van der Waals surface area contributed by atoms with Gasteiger partial charge in [0, 0.05) is 24.3 Å². The lowest BCUT2D eigenvalue weighted by Gasteiger charge is -2.36. The summed E-state index contributed by atoms with van der Waals surface area (Å²) in [6.45, 7) is 0.165. The van der Waals surface area contributed by atoms with Crippen LogP contribution in [0.15, 0.2) is 112 Å². The molecule has 216 valence electrons. The molecule has 2 N–H and O–H groups in total. The van der Waals surface area contributed by atoms with E-state index in [0.717, 1.165) is 37.9 Å². The zero-order chi connectivity index (χ0) is 28.9. The zero-order valence-corrected chi connectivity index (χ0v) is 25.1. The number of nitrogens with one attached hydrogen (secondary N) is 1. The Morgan fingerprint density at radius 1 is 0.857 bits per heavy atom. The molecule has 0 saturated carbocycles. The topological polar surface area (TPSA) is 97.8 Å². The average Bonchev–Trinajstić information content (AvgIpc) is 3.47. The number of benzene rings is 4. The van der Waals surface area contributed by atoms with E-state index >= 15 is 0 Å². The highest BCUT2D eigenvalue weighted by Gasteiger charge is 2.32. The molecule has 4 aromatic carbocycles. The smallest absolute Gasteiger partial charge is 0.240 e. The summed E-state index contributed by atoms with van der Waals surface area (Å²) >= 11 is 3.37. The Morgan fingerprint density at radius 3 is 2.29 bits per heavy atom. The van der Waals surface area contributed by atoms with Gasteiger partial charge in [-0.15, -0.1) is 11.3 Å². The molecule has 0 radical (unpaired) electrons. The summed E-state index contributed by atoms with van der Waals surface area (Å²) in [6.07, 6.45) is -0.167. The maximum Gasteiger partial charge on any atom is 0.240 e. The Morgan fingerprint density at radius 2 is 1.55 bits per heavy atom. The van der Waals surface area contributed by atoms with Crippen molar-refractivity contribution in [1.29, 1.82) is 0 Å². The molecule has 3 atom stereocenters. The van der Waals surface area contributed by atoms with Gasteiger partial charge in [-0.1, -0.05) is 90.6 Å². The van der Waals surface area contributed by atoms with E-state index in [9.17, 15) is 13.5 Å². The molecule has 7 nitrogen and oxygen atoms in total. The third-order valence-electron chi connectivity index (χ3n) is 7.05. The van der Waals surface area contributed by atoms with Crippen LogP contribution in [0.1, 0.15) is 41.1 Å². The van der Waals surface area contributed by atoms with Crippen molar-refractivity contribution in [1.82, 2.24) is 9.71 Å². The van der Waals surface area contributed by atoms with Gasteiger partial charge in [-0.2, -0.15) is 0 Å². The number of fused-ring (bicyclic) bond motifs is 1. The number of rotatable bonds is 10. The molecule has 1 aliphatic heterocycles. The second-order valence-electron chi connectivity index (χ2n) is 9.99. The van der Waals surface area contributed by atoms with E-state index in [4.69, 9.17) is 14.5 Å². The predicted molar refractivity (Wildman–Crippen MR) is 166 cm³/mol. The summed E-state index contributed by atoms with van der Waals surface area (Å²) in [5.41, 5.74) is 4.57. The number of ether oxygens (including phenoxy) is 2. The fraction of sp³-hybridized carbons (Fsp3) is 0.219. The van der Waals surface area contributed by atoms with Gasteiger partial charge in [0.1, 0.15) is 0 Å². The van der Waals surface area contributed by atoms with Crippen molar-refractivity contribution in [3.63, 3.8) is 0 Å². The SMILES string of the molecule is O=S(=O)(NCc1ccc([C@H]2O[C@@H](CSc3nc4ccccc4s3)C[C@@H](c3ccc(CO)cc3)O2)cc1)c1ccccc1. The molecular formula is C32H30N2O5S3. The van der Waals surface area contributed by atoms with Crippen molar-refractivity contribution in [3.05, 3.63) is 125 Å². The van der Waals surface area contributed by atoms with Crippen LogP contribution in [0.3, 0.4) is 0 Å². The summed E-state index contributed by atoms with van der Waals surface area (Å²) in [5, 5.41) is 9.47. The van der Waals surface area contributed by atoms with Gasteiger partial charge in [0.05, 0.1) is 33.9 Å². The number of aromatic nitrogens is 1. The molecule has 0 unspecified atom stereocenters. The van der Waals surface area contributed by atoms with E-state index in [2.05, 4.69) is 10.8 Å². The van der Waals surface area contributed by atoms with Crippen LogP contribution in [-0.4, -0.2) is 30.4 Å². The summed E-state index contributed by atoms with van der Waals surface area (Å²) < 4.78 is 43.0. The van der Waals surface area contributed by atoms with Gasteiger partial charge in [-0.05, 0) is 41.0 Å². The van der Waals surface area contributed by atoms with Crippen LogP contribution in [0.2, 0.25) is 0 Å². The number of aliphatic hydroxyl groups excluding tert-OH is 1. The molecular weight excluding hydrogens is 589 g/mol. The minimum Gasteiger partial charge on any atom is -0.392 e. The summed E-state index contributed by atoms with van der Waals surface area (Å²) in [6, 6.07) is 31.9. The lowest BCUT2D eigenvalue weighted by Crippen LogP contribution is -2.31. The Labute approximate surface area is 253 Å². The highest BCUT2D eigenvalue weighted by Crippen LogP contribution is 2.40. The minimum atomic E-state index is -3.60. The second-order valence-corrected chi connectivity index (χ2v) is 14.1. The summed E-state index contributed by atoms with van der Waals surface area (Å²) in [5.74, 6) is 0.726. The third-order valence-corrected chi connectivity index (χ3v) is 10.8. The van der Waals surface area contributed by atoms with Crippen molar-refractivity contribution >= 4 is 43.3 Å². The quantitative estimate of drug-likeness (QED) is 0.170. The lowest BCUT2D eigenvalue weighted by atomic mass is 10.0. The van der Waals surface area contributed by atoms with Gasteiger partial charge in [0.25, 0.3) is 0 Å². The molecule has 1 saturated heterocycles. The highest BCUT2D eigenvalue weighted by atomic mass is 32.2. The second kappa shape index (κ2) is 13.0. The van der Waals surface area contributed by atoms with Gasteiger partial charge in [-0.3, -0.25) is 0 Å². The first-order valence-corrected chi connectivity index (χ1v) is 16.9. The number of hydrogen-bond donors (Lipinski definition) is 2. The molecule has 1 aromatic heterocycles. The van der Waals surface area contributed by atoms with E-state index in [1.807, 2.05) is 66.7 Å². The van der Waals surface area contributed by atoms with E-state index in [1.165, 1.54) is 4.70 Å². The maximum absolute atomic E-state index is 12.6. The highest BCUT2D eigenvalue weighted by molar-refractivity contribution is 8.01. The number of nitrogens with zero attached hydrogens (tertiary/aromatic N) is 1. The fourth-order valence-electron chi connectivity index (χ4n) is 4.75. The average molecular weight is 619 g/mol. The normalized spacial score (nSPS) is 19.2. The van der Waals surface area contributed by atoms with Crippen molar-refractivity contribution in [2.24, 2.45) is 0 Å². The standard InChI is InChI=1S/C32H30N2O5S3/c35-20-23-12-14-24(15-13-23)29-18-26(21-40-32-34-28-8-4-5-9-30(28)41-32)38-31(39-29)25-16-10-22(11-17-25)19-33-42(36,37)27-6-2-1-3-7-27/h1-17,26,29,31,33,35H,18-21H2/t26-,29+,31+/m1/s1. The van der Waals surface area contributed by atoms with E-state index in [1.54, 1.807) is 53.4 Å². The van der Waals surface area contributed by atoms with Gasteiger partial charge in [0.15, 0.2) is 10.6 Å². The van der Waals surface area contributed by atoms with Crippen molar-refractivity contribution < 1.29 is 23.0 Å². The maximum atomic E-state index is 12.6. The van der Waals surface area contributed by atoms with Crippen LogP contribution in [0.5, 0.6) is 0 Å². The molecule has 1 fully saturated rings. The molecule has 6 rings (SSSR count). The monoisotopic (exact) mass is 618 g/mol. The van der Waals surface area contributed by atoms with E-state index in [-0.39, 0.29) is 30.3 Å². The van der Waals surface area contributed by atoms with Crippen molar-refractivity contribution in [3.8, 4) is 0 Å². The molecule has 0 bridgehead atoms. The van der Waals surface area contributed by atoms with Crippen LogP contribution in [0.4, 0.5) is 0 Å². The molecule has 42 heavy (non-hydrogen) atoms. The zero-order valence-electron chi connectivity index (χ0n) is 22.6. The van der Waals surface area contributed by atoms with Crippen LogP contribution < -0.4 is 4.72 Å². The number of hydrogen-bond acceptors (Lipinski definition) is 8. The number of sulfonamides is 1. The minimum absolute atomic E-state index is 0.00712. The van der Waals surface area contributed by atoms with Crippen molar-refractivity contribution in [2.45, 2.75) is 47.3 Å². The molecule has 5 aromatic rings. The van der Waals surface area contributed by atoms with Gasteiger partial charge < -0.3 is 14.6 Å². The molecule has 0 spiro atoms. The van der Waals surface area contributed by atoms with Gasteiger partial charge in [0.2, 0.25) is 10.0 Å². The number of thioether (sulfide) groups is 1. The predicted octanol–water partition coefficient (Wildman–Crippen LogP) is 6.60. The largest absolute Gasteiger partial charge is 0.392 e. The van der Waals surface area contributed by atoms with Gasteiger partial charge in [-0.25, -0.2) is 18.1 Å². The van der Waals surface area contributed by atoms with Crippen LogP contribution in [0, 0.1) is 0 Å². The van der Waals surface area contributed by atoms with Crippen LogP contribution in [0.25, 0.3) is 10.2 Å². The molecule has 10 heteroatoms.